The number of anilines is 1. The number of amides is 1. The molecule has 0 unspecified atom stereocenters. The Balaban J connectivity index is 2.03. The molecule has 1 aromatic carbocycles. The largest absolute Gasteiger partial charge is 0.322 e. The highest BCUT2D eigenvalue weighted by atomic mass is 16.2. The predicted molar refractivity (Wildman–Crippen MR) is 84.4 cm³/mol. The average molecular weight is 296 g/mol. The highest BCUT2D eigenvalue weighted by Gasteiger charge is 2.16. The van der Waals surface area contributed by atoms with Gasteiger partial charge in [0, 0.05) is 23.1 Å². The summed E-state index contributed by atoms with van der Waals surface area (Å²) >= 11 is 0. The lowest BCUT2D eigenvalue weighted by Crippen LogP contribution is -2.20. The SMILES string of the molecule is Cc1cccc(NC(=O)c2c[nH]n3c(=O)c(C)c(C)nc23)c1. The van der Waals surface area contributed by atoms with Crippen molar-refractivity contribution in [1.82, 2.24) is 14.6 Å². The Bertz CT molecular complexity index is 937. The van der Waals surface area contributed by atoms with E-state index in [2.05, 4.69) is 15.4 Å². The van der Waals surface area contributed by atoms with Crippen LogP contribution in [-0.2, 0) is 0 Å². The second-order valence-electron chi connectivity index (χ2n) is 5.30. The van der Waals surface area contributed by atoms with Gasteiger partial charge in [0.15, 0.2) is 5.65 Å². The fraction of sp³-hybridized carbons (Fsp3) is 0.188. The Morgan fingerprint density at radius 3 is 2.77 bits per heavy atom. The van der Waals surface area contributed by atoms with Crippen LogP contribution in [0.1, 0.15) is 27.2 Å². The molecule has 3 rings (SSSR count). The van der Waals surface area contributed by atoms with E-state index >= 15 is 0 Å². The molecule has 0 fully saturated rings. The topological polar surface area (TPSA) is 79.3 Å². The third kappa shape index (κ3) is 2.28. The zero-order valence-corrected chi connectivity index (χ0v) is 12.6. The first-order valence-electron chi connectivity index (χ1n) is 6.92. The van der Waals surface area contributed by atoms with Crippen LogP contribution in [0.25, 0.3) is 5.65 Å². The van der Waals surface area contributed by atoms with Crippen molar-refractivity contribution in [1.29, 1.82) is 0 Å². The highest BCUT2D eigenvalue weighted by Crippen LogP contribution is 2.14. The van der Waals surface area contributed by atoms with E-state index in [0.29, 0.717) is 28.2 Å². The number of hydrogen-bond donors (Lipinski definition) is 2. The third-order valence-electron chi connectivity index (χ3n) is 3.65. The summed E-state index contributed by atoms with van der Waals surface area (Å²) in [5.74, 6) is -0.306. The van der Waals surface area contributed by atoms with E-state index in [1.165, 1.54) is 10.7 Å². The van der Waals surface area contributed by atoms with Gasteiger partial charge in [-0.1, -0.05) is 12.1 Å². The number of carbonyl (C=O) groups excluding carboxylic acids is 1. The fourth-order valence-corrected chi connectivity index (χ4v) is 2.29. The maximum absolute atomic E-state index is 12.4. The van der Waals surface area contributed by atoms with E-state index in [1.54, 1.807) is 13.8 Å². The highest BCUT2D eigenvalue weighted by molar-refractivity contribution is 6.08. The maximum atomic E-state index is 12.4. The molecule has 0 spiro atoms. The molecule has 0 aliphatic carbocycles. The summed E-state index contributed by atoms with van der Waals surface area (Å²) in [7, 11) is 0. The summed E-state index contributed by atoms with van der Waals surface area (Å²) < 4.78 is 1.29. The first-order chi connectivity index (χ1) is 10.5. The van der Waals surface area contributed by atoms with Crippen molar-refractivity contribution in [3.63, 3.8) is 0 Å². The normalized spacial score (nSPS) is 10.9. The summed E-state index contributed by atoms with van der Waals surface area (Å²) in [5, 5.41) is 5.60. The Hall–Kier alpha value is -2.89. The van der Waals surface area contributed by atoms with Crippen LogP contribution in [0.15, 0.2) is 35.3 Å². The first kappa shape index (κ1) is 14.1. The van der Waals surface area contributed by atoms with E-state index in [4.69, 9.17) is 0 Å². The van der Waals surface area contributed by atoms with Gasteiger partial charge in [0.1, 0.15) is 5.56 Å². The Kier molecular flexibility index (Phi) is 3.29. The molecular formula is C16H16N4O2. The summed E-state index contributed by atoms with van der Waals surface area (Å²) in [5.41, 5.74) is 3.41. The molecule has 22 heavy (non-hydrogen) atoms. The first-order valence-corrected chi connectivity index (χ1v) is 6.92. The molecule has 2 aromatic heterocycles. The van der Waals surface area contributed by atoms with E-state index < -0.39 is 0 Å². The average Bonchev–Trinajstić information content (AvgIpc) is 2.88. The van der Waals surface area contributed by atoms with E-state index in [9.17, 15) is 9.59 Å². The summed E-state index contributed by atoms with van der Waals surface area (Å²) in [6, 6.07) is 7.52. The van der Waals surface area contributed by atoms with Gasteiger partial charge < -0.3 is 5.32 Å². The number of nitrogens with zero attached hydrogens (tertiary/aromatic N) is 2. The molecule has 112 valence electrons. The lowest BCUT2D eigenvalue weighted by atomic mass is 10.2. The van der Waals surface area contributed by atoms with Crippen LogP contribution in [0.4, 0.5) is 5.69 Å². The number of fused-ring (bicyclic) bond motifs is 1. The molecule has 6 heteroatoms. The number of aromatic nitrogens is 3. The van der Waals surface area contributed by atoms with Gasteiger partial charge in [0.25, 0.3) is 11.5 Å². The van der Waals surface area contributed by atoms with Crippen molar-refractivity contribution in [2.24, 2.45) is 0 Å². The molecule has 0 aliphatic heterocycles. The van der Waals surface area contributed by atoms with Gasteiger partial charge in [-0.3, -0.25) is 14.7 Å². The van der Waals surface area contributed by atoms with E-state index in [-0.39, 0.29) is 11.5 Å². The second-order valence-corrected chi connectivity index (χ2v) is 5.30. The monoisotopic (exact) mass is 296 g/mol. The predicted octanol–water partition coefficient (Wildman–Crippen LogP) is 2.20. The third-order valence-corrected chi connectivity index (χ3v) is 3.65. The molecule has 1 amide bonds. The number of aromatic amines is 1. The van der Waals surface area contributed by atoms with Crippen LogP contribution in [0.2, 0.25) is 0 Å². The molecule has 0 saturated carbocycles. The minimum absolute atomic E-state index is 0.197. The van der Waals surface area contributed by atoms with Crippen LogP contribution in [-0.4, -0.2) is 20.5 Å². The molecule has 3 aromatic rings. The number of aryl methyl sites for hydroxylation is 2. The minimum atomic E-state index is -0.306. The summed E-state index contributed by atoms with van der Waals surface area (Å²) in [6.45, 7) is 5.42. The Morgan fingerprint density at radius 1 is 1.27 bits per heavy atom. The Labute approximate surface area is 126 Å². The van der Waals surface area contributed by atoms with E-state index in [0.717, 1.165) is 5.56 Å². The molecule has 2 N–H and O–H groups in total. The minimum Gasteiger partial charge on any atom is -0.322 e. The van der Waals surface area contributed by atoms with Gasteiger partial charge in [0.05, 0.1) is 0 Å². The smallest absolute Gasteiger partial charge is 0.275 e. The van der Waals surface area contributed by atoms with Crippen molar-refractivity contribution < 1.29 is 4.79 Å². The standard InChI is InChI=1S/C16H16N4O2/c1-9-5-4-6-12(7-9)19-15(21)13-8-17-20-14(13)18-11(3)10(2)16(20)22/h4-8,17H,1-3H3,(H,19,21). The number of carbonyl (C=O) groups is 1. The van der Waals surface area contributed by atoms with Crippen LogP contribution >= 0.6 is 0 Å². The zero-order chi connectivity index (χ0) is 15.9. The van der Waals surface area contributed by atoms with Gasteiger partial charge in [-0.05, 0) is 38.5 Å². The summed E-state index contributed by atoms with van der Waals surface area (Å²) in [4.78, 5) is 28.9. The molecule has 0 saturated heterocycles. The van der Waals surface area contributed by atoms with Gasteiger partial charge in [-0.15, -0.1) is 0 Å². The lowest BCUT2D eigenvalue weighted by molar-refractivity contribution is 0.102. The lowest BCUT2D eigenvalue weighted by Gasteiger charge is -2.05. The fourth-order valence-electron chi connectivity index (χ4n) is 2.29. The number of H-pyrrole nitrogens is 1. The van der Waals surface area contributed by atoms with Crippen molar-refractivity contribution in [2.75, 3.05) is 5.32 Å². The molecular weight excluding hydrogens is 280 g/mol. The van der Waals surface area contributed by atoms with Gasteiger partial charge in [0.2, 0.25) is 0 Å². The van der Waals surface area contributed by atoms with Crippen molar-refractivity contribution in [3.8, 4) is 0 Å². The summed E-state index contributed by atoms with van der Waals surface area (Å²) in [6.07, 6.45) is 1.49. The molecule has 0 atom stereocenters. The quantitative estimate of drug-likeness (QED) is 0.761. The van der Waals surface area contributed by atoms with Crippen LogP contribution in [0.5, 0.6) is 0 Å². The van der Waals surface area contributed by atoms with Crippen LogP contribution < -0.4 is 10.9 Å². The molecule has 0 bridgehead atoms. The van der Waals surface area contributed by atoms with E-state index in [1.807, 2.05) is 31.2 Å². The zero-order valence-electron chi connectivity index (χ0n) is 12.6. The van der Waals surface area contributed by atoms with Gasteiger partial charge in [-0.2, -0.15) is 0 Å². The number of benzene rings is 1. The van der Waals surface area contributed by atoms with Crippen LogP contribution in [0.3, 0.4) is 0 Å². The molecule has 2 heterocycles. The second kappa shape index (κ2) is 5.14. The Morgan fingerprint density at radius 2 is 2.05 bits per heavy atom. The number of hydrogen-bond acceptors (Lipinski definition) is 3. The van der Waals surface area contributed by atoms with Crippen molar-refractivity contribution in [3.05, 3.63) is 63.2 Å². The van der Waals surface area contributed by atoms with Crippen molar-refractivity contribution in [2.45, 2.75) is 20.8 Å². The van der Waals surface area contributed by atoms with Gasteiger partial charge >= 0.3 is 0 Å². The van der Waals surface area contributed by atoms with Crippen molar-refractivity contribution >= 4 is 17.2 Å². The molecule has 0 aliphatic rings. The molecule has 6 nitrogen and oxygen atoms in total. The van der Waals surface area contributed by atoms with Gasteiger partial charge in [-0.25, -0.2) is 9.50 Å². The molecule has 0 radical (unpaired) electrons. The van der Waals surface area contributed by atoms with Crippen LogP contribution in [0, 0.1) is 20.8 Å². The maximum Gasteiger partial charge on any atom is 0.275 e. The number of rotatable bonds is 2. The number of nitrogens with one attached hydrogen (secondary N) is 2.